The van der Waals surface area contributed by atoms with Gasteiger partial charge < -0.3 is 5.32 Å². The molecule has 70 valence electrons. The van der Waals surface area contributed by atoms with Crippen LogP contribution in [-0.4, -0.2) is 12.5 Å². The SMILES string of the molecule is CC(C)CNC(=O)C(C)C1CC1. The predicted octanol–water partition coefficient (Wildman–Crippen LogP) is 1.80. The fourth-order valence-electron chi connectivity index (χ4n) is 1.28. The minimum Gasteiger partial charge on any atom is -0.356 e. The maximum atomic E-state index is 11.4. The quantitative estimate of drug-likeness (QED) is 0.683. The fourth-order valence-corrected chi connectivity index (χ4v) is 1.28. The highest BCUT2D eigenvalue weighted by Gasteiger charge is 2.32. The summed E-state index contributed by atoms with van der Waals surface area (Å²) in [5.41, 5.74) is 0. The molecule has 1 rings (SSSR count). The number of hydrogen-bond acceptors (Lipinski definition) is 1. The van der Waals surface area contributed by atoms with Crippen molar-refractivity contribution in [3.05, 3.63) is 0 Å². The van der Waals surface area contributed by atoms with Crippen molar-refractivity contribution in [2.75, 3.05) is 6.54 Å². The molecule has 0 aromatic rings. The van der Waals surface area contributed by atoms with Crippen LogP contribution in [-0.2, 0) is 4.79 Å². The lowest BCUT2D eigenvalue weighted by atomic mass is 10.1. The summed E-state index contributed by atoms with van der Waals surface area (Å²) in [7, 11) is 0. The van der Waals surface area contributed by atoms with Crippen molar-refractivity contribution in [2.24, 2.45) is 17.8 Å². The zero-order valence-corrected chi connectivity index (χ0v) is 8.26. The topological polar surface area (TPSA) is 29.1 Å². The van der Waals surface area contributed by atoms with E-state index in [4.69, 9.17) is 0 Å². The summed E-state index contributed by atoms with van der Waals surface area (Å²) in [4.78, 5) is 11.4. The van der Waals surface area contributed by atoms with Gasteiger partial charge in [-0.3, -0.25) is 4.79 Å². The molecule has 1 unspecified atom stereocenters. The summed E-state index contributed by atoms with van der Waals surface area (Å²) in [5, 5.41) is 2.96. The van der Waals surface area contributed by atoms with Crippen molar-refractivity contribution in [2.45, 2.75) is 33.6 Å². The molecule has 2 nitrogen and oxygen atoms in total. The van der Waals surface area contributed by atoms with Crippen LogP contribution in [0.4, 0.5) is 0 Å². The molecule has 1 atom stereocenters. The molecule has 1 saturated carbocycles. The number of amides is 1. The van der Waals surface area contributed by atoms with E-state index in [9.17, 15) is 4.79 Å². The second-order valence-electron chi connectivity index (χ2n) is 4.27. The van der Waals surface area contributed by atoms with Crippen LogP contribution in [0.15, 0.2) is 0 Å². The van der Waals surface area contributed by atoms with Crippen LogP contribution < -0.4 is 5.32 Å². The Balaban J connectivity index is 2.17. The van der Waals surface area contributed by atoms with Crippen LogP contribution in [0, 0.1) is 17.8 Å². The van der Waals surface area contributed by atoms with Crippen LogP contribution in [0.25, 0.3) is 0 Å². The monoisotopic (exact) mass is 169 g/mol. The van der Waals surface area contributed by atoms with E-state index in [2.05, 4.69) is 19.2 Å². The Kier molecular flexibility index (Phi) is 3.12. The second kappa shape index (κ2) is 3.92. The smallest absolute Gasteiger partial charge is 0.223 e. The summed E-state index contributed by atoms with van der Waals surface area (Å²) in [5.74, 6) is 1.72. The molecule has 1 fully saturated rings. The lowest BCUT2D eigenvalue weighted by Crippen LogP contribution is -2.32. The van der Waals surface area contributed by atoms with E-state index in [1.165, 1.54) is 12.8 Å². The highest BCUT2D eigenvalue weighted by Crippen LogP contribution is 2.36. The third-order valence-corrected chi connectivity index (χ3v) is 2.43. The van der Waals surface area contributed by atoms with E-state index in [1.807, 2.05) is 6.92 Å². The van der Waals surface area contributed by atoms with E-state index in [1.54, 1.807) is 0 Å². The van der Waals surface area contributed by atoms with Crippen LogP contribution in [0.1, 0.15) is 33.6 Å². The molecule has 0 saturated heterocycles. The largest absolute Gasteiger partial charge is 0.356 e. The Morgan fingerprint density at radius 3 is 2.42 bits per heavy atom. The summed E-state index contributed by atoms with van der Waals surface area (Å²) >= 11 is 0. The molecular weight excluding hydrogens is 150 g/mol. The molecule has 0 spiro atoms. The average Bonchev–Trinajstić information content (AvgIpc) is 2.80. The molecule has 1 amide bonds. The van der Waals surface area contributed by atoms with Crippen molar-refractivity contribution >= 4 is 5.91 Å². The van der Waals surface area contributed by atoms with Gasteiger partial charge in [-0.2, -0.15) is 0 Å². The number of carbonyl (C=O) groups is 1. The van der Waals surface area contributed by atoms with Crippen LogP contribution in [0.5, 0.6) is 0 Å². The van der Waals surface area contributed by atoms with Gasteiger partial charge in [0.25, 0.3) is 0 Å². The van der Waals surface area contributed by atoms with Gasteiger partial charge in [0.1, 0.15) is 0 Å². The minimum absolute atomic E-state index is 0.240. The van der Waals surface area contributed by atoms with E-state index in [0.29, 0.717) is 11.8 Å². The van der Waals surface area contributed by atoms with Crippen LogP contribution in [0.2, 0.25) is 0 Å². The van der Waals surface area contributed by atoms with Crippen molar-refractivity contribution in [3.8, 4) is 0 Å². The first kappa shape index (κ1) is 9.56. The van der Waals surface area contributed by atoms with E-state index < -0.39 is 0 Å². The molecular formula is C10H19NO. The summed E-state index contributed by atoms with van der Waals surface area (Å²) in [6, 6.07) is 0. The zero-order chi connectivity index (χ0) is 9.14. The molecule has 0 aromatic carbocycles. The number of hydrogen-bond donors (Lipinski definition) is 1. The van der Waals surface area contributed by atoms with E-state index >= 15 is 0 Å². The minimum atomic E-state index is 0.240. The van der Waals surface area contributed by atoms with Crippen molar-refractivity contribution in [3.63, 3.8) is 0 Å². The zero-order valence-electron chi connectivity index (χ0n) is 8.26. The lowest BCUT2D eigenvalue weighted by molar-refractivity contribution is -0.125. The van der Waals surface area contributed by atoms with Crippen molar-refractivity contribution in [1.82, 2.24) is 5.32 Å². The molecule has 1 N–H and O–H groups in total. The Morgan fingerprint density at radius 1 is 1.42 bits per heavy atom. The van der Waals surface area contributed by atoms with Crippen molar-refractivity contribution in [1.29, 1.82) is 0 Å². The number of nitrogens with one attached hydrogen (secondary N) is 1. The first-order valence-corrected chi connectivity index (χ1v) is 4.89. The third-order valence-electron chi connectivity index (χ3n) is 2.43. The summed E-state index contributed by atoms with van der Waals surface area (Å²) < 4.78 is 0. The Morgan fingerprint density at radius 2 is 2.00 bits per heavy atom. The van der Waals surface area contributed by atoms with Gasteiger partial charge in [-0.25, -0.2) is 0 Å². The van der Waals surface area contributed by atoms with Crippen LogP contribution in [0.3, 0.4) is 0 Å². The maximum absolute atomic E-state index is 11.4. The van der Waals surface area contributed by atoms with Gasteiger partial charge in [0.2, 0.25) is 5.91 Å². The highest BCUT2D eigenvalue weighted by molar-refractivity contribution is 5.78. The number of rotatable bonds is 4. The Hall–Kier alpha value is -0.530. The summed E-state index contributed by atoms with van der Waals surface area (Å²) in [6.07, 6.45) is 2.49. The lowest BCUT2D eigenvalue weighted by Gasteiger charge is -2.12. The molecule has 12 heavy (non-hydrogen) atoms. The van der Waals surface area contributed by atoms with Gasteiger partial charge in [0, 0.05) is 12.5 Å². The van der Waals surface area contributed by atoms with Gasteiger partial charge >= 0.3 is 0 Å². The molecule has 1 aliphatic rings. The average molecular weight is 169 g/mol. The fraction of sp³-hybridized carbons (Fsp3) is 0.900. The molecule has 0 aromatic heterocycles. The second-order valence-corrected chi connectivity index (χ2v) is 4.27. The summed E-state index contributed by atoms with van der Waals surface area (Å²) in [6.45, 7) is 7.08. The van der Waals surface area contributed by atoms with Gasteiger partial charge in [-0.15, -0.1) is 0 Å². The van der Waals surface area contributed by atoms with Crippen LogP contribution >= 0.6 is 0 Å². The molecule has 1 aliphatic carbocycles. The van der Waals surface area contributed by atoms with E-state index in [0.717, 1.165) is 6.54 Å². The van der Waals surface area contributed by atoms with Gasteiger partial charge in [-0.1, -0.05) is 20.8 Å². The molecule has 0 radical (unpaired) electrons. The molecule has 0 aliphatic heterocycles. The number of carbonyl (C=O) groups excluding carboxylic acids is 1. The third kappa shape index (κ3) is 2.84. The maximum Gasteiger partial charge on any atom is 0.223 e. The predicted molar refractivity (Wildman–Crippen MR) is 49.7 cm³/mol. The first-order valence-electron chi connectivity index (χ1n) is 4.89. The standard InChI is InChI=1S/C10H19NO/c1-7(2)6-11-10(12)8(3)9-4-5-9/h7-9H,4-6H2,1-3H3,(H,11,12). The van der Waals surface area contributed by atoms with Crippen molar-refractivity contribution < 1.29 is 4.79 Å². The van der Waals surface area contributed by atoms with Gasteiger partial charge in [-0.05, 0) is 24.7 Å². The van der Waals surface area contributed by atoms with Gasteiger partial charge in [0.15, 0.2) is 0 Å². The highest BCUT2D eigenvalue weighted by atomic mass is 16.1. The Bertz CT molecular complexity index is 161. The normalized spacial score (nSPS) is 19.3. The van der Waals surface area contributed by atoms with E-state index in [-0.39, 0.29) is 11.8 Å². The Labute approximate surface area is 74.7 Å². The molecule has 0 bridgehead atoms. The first-order chi connectivity index (χ1) is 5.61. The van der Waals surface area contributed by atoms with Gasteiger partial charge in [0.05, 0.1) is 0 Å². The molecule has 2 heteroatoms. The molecule has 0 heterocycles.